The Kier molecular flexibility index (Phi) is 5.30. The number of aromatic nitrogens is 1. The lowest BCUT2D eigenvalue weighted by atomic mass is 9.95. The quantitative estimate of drug-likeness (QED) is 0.209. The Bertz CT molecular complexity index is 955. The lowest BCUT2D eigenvalue weighted by Gasteiger charge is -2.13. The number of hydrogen-bond acceptors (Lipinski definition) is 6. The molecule has 0 atom stereocenters. The van der Waals surface area contributed by atoms with Gasteiger partial charge in [-0.25, -0.2) is 5.84 Å². The second-order valence-corrected chi connectivity index (χ2v) is 7.16. The predicted octanol–water partition coefficient (Wildman–Crippen LogP) is 1.93. The SMILES string of the molecule is Cc1c(-c2cccc(C3CC3)c2)c(C#N)c(SC/C(=N/N)NN)[nH]c1=O. The fraction of sp³-hybridized carbons (Fsp3) is 0.278. The molecule has 2 aromatic rings. The molecule has 0 unspecified atom stereocenters. The van der Waals surface area contributed by atoms with Crippen LogP contribution in [0, 0.1) is 18.3 Å². The number of hydrogen-bond donors (Lipinski definition) is 4. The summed E-state index contributed by atoms with van der Waals surface area (Å²) < 4.78 is 0. The molecule has 134 valence electrons. The molecule has 1 heterocycles. The van der Waals surface area contributed by atoms with Crippen LogP contribution in [0.25, 0.3) is 11.1 Å². The summed E-state index contributed by atoms with van der Waals surface area (Å²) in [5.41, 5.74) is 5.96. The molecular weight excluding hydrogens is 348 g/mol. The number of nitrogens with one attached hydrogen (secondary N) is 2. The van der Waals surface area contributed by atoms with Gasteiger partial charge < -0.3 is 16.3 Å². The maximum atomic E-state index is 12.4. The molecule has 3 rings (SSSR count). The van der Waals surface area contributed by atoms with E-state index in [1.165, 1.54) is 30.2 Å². The van der Waals surface area contributed by atoms with Crippen LogP contribution in [0.1, 0.15) is 35.4 Å². The van der Waals surface area contributed by atoms with Crippen molar-refractivity contribution in [2.45, 2.75) is 30.7 Å². The third-order valence-corrected chi connectivity index (χ3v) is 5.44. The van der Waals surface area contributed by atoms with Gasteiger partial charge in [-0.05, 0) is 36.8 Å². The second-order valence-electron chi connectivity index (χ2n) is 6.18. The van der Waals surface area contributed by atoms with E-state index in [0.29, 0.717) is 39.2 Å². The highest BCUT2D eigenvalue weighted by Crippen LogP contribution is 2.41. The van der Waals surface area contributed by atoms with Crippen LogP contribution in [-0.4, -0.2) is 16.6 Å². The Labute approximate surface area is 155 Å². The number of aromatic amines is 1. The van der Waals surface area contributed by atoms with E-state index in [4.69, 9.17) is 11.7 Å². The van der Waals surface area contributed by atoms with Crippen molar-refractivity contribution >= 4 is 17.6 Å². The van der Waals surface area contributed by atoms with Gasteiger partial charge in [-0.2, -0.15) is 10.4 Å². The highest BCUT2D eigenvalue weighted by molar-refractivity contribution is 8.00. The maximum absolute atomic E-state index is 12.4. The summed E-state index contributed by atoms with van der Waals surface area (Å²) in [6.45, 7) is 1.74. The van der Waals surface area contributed by atoms with Gasteiger partial charge in [-0.15, -0.1) is 0 Å². The van der Waals surface area contributed by atoms with E-state index in [1.807, 2.05) is 12.1 Å². The zero-order valence-electron chi connectivity index (χ0n) is 14.4. The molecule has 1 aromatic carbocycles. The summed E-state index contributed by atoms with van der Waals surface area (Å²) in [7, 11) is 0. The zero-order chi connectivity index (χ0) is 18.7. The van der Waals surface area contributed by atoms with Crippen LogP contribution in [0.4, 0.5) is 0 Å². The van der Waals surface area contributed by atoms with Crippen LogP contribution in [0.15, 0.2) is 39.2 Å². The van der Waals surface area contributed by atoms with Crippen LogP contribution in [0.5, 0.6) is 0 Å². The summed E-state index contributed by atoms with van der Waals surface area (Å²) >= 11 is 1.25. The lowest BCUT2D eigenvalue weighted by Crippen LogP contribution is -2.33. The Morgan fingerprint density at radius 1 is 1.50 bits per heavy atom. The minimum atomic E-state index is -0.217. The number of nitrogens with two attached hydrogens (primary N) is 2. The van der Waals surface area contributed by atoms with Crippen LogP contribution in [-0.2, 0) is 0 Å². The molecular formula is C18H20N6OS. The molecule has 0 spiro atoms. The zero-order valence-corrected chi connectivity index (χ0v) is 15.2. The van der Waals surface area contributed by atoms with Crippen molar-refractivity contribution in [3.8, 4) is 17.2 Å². The average Bonchev–Trinajstić information content (AvgIpc) is 3.50. The molecule has 0 radical (unpaired) electrons. The molecule has 0 saturated heterocycles. The topological polar surface area (TPSA) is 133 Å². The summed E-state index contributed by atoms with van der Waals surface area (Å²) in [4.78, 5) is 15.2. The van der Waals surface area contributed by atoms with Crippen molar-refractivity contribution in [3.05, 3.63) is 51.3 Å². The van der Waals surface area contributed by atoms with Gasteiger partial charge in [0.15, 0.2) is 0 Å². The number of thioether (sulfide) groups is 1. The van der Waals surface area contributed by atoms with E-state index < -0.39 is 0 Å². The van der Waals surface area contributed by atoms with Crippen LogP contribution < -0.4 is 22.7 Å². The first-order valence-electron chi connectivity index (χ1n) is 8.22. The van der Waals surface area contributed by atoms with Crippen molar-refractivity contribution in [2.24, 2.45) is 16.8 Å². The molecule has 1 aliphatic carbocycles. The molecule has 0 bridgehead atoms. The van der Waals surface area contributed by atoms with E-state index >= 15 is 0 Å². The van der Waals surface area contributed by atoms with Gasteiger partial charge in [0.05, 0.1) is 16.3 Å². The fourth-order valence-electron chi connectivity index (χ4n) is 2.87. The number of hydrazine groups is 1. The van der Waals surface area contributed by atoms with Crippen molar-refractivity contribution < 1.29 is 0 Å². The number of rotatable bonds is 5. The molecule has 1 fully saturated rings. The summed E-state index contributed by atoms with van der Waals surface area (Å²) in [6, 6.07) is 10.3. The molecule has 7 nitrogen and oxygen atoms in total. The molecule has 8 heteroatoms. The number of pyridine rings is 1. The van der Waals surface area contributed by atoms with Crippen molar-refractivity contribution in [1.82, 2.24) is 10.4 Å². The summed E-state index contributed by atoms with van der Waals surface area (Å²) in [5.74, 6) is 11.8. The van der Waals surface area contributed by atoms with Gasteiger partial charge in [0, 0.05) is 11.1 Å². The van der Waals surface area contributed by atoms with E-state index in [-0.39, 0.29) is 5.56 Å². The highest BCUT2D eigenvalue weighted by atomic mass is 32.2. The standard InChI is InChI=1S/C18H20N6OS/c1-10-16(13-4-2-3-12(7-13)11-5-6-11)14(8-19)18(22-17(10)25)26-9-15(23-20)24-21/h2-4,7,11H,5-6,9,20-21H2,1H3,(H,22,25)(H,23,24). The minimum absolute atomic E-state index is 0.217. The van der Waals surface area contributed by atoms with Crippen LogP contribution in [0.3, 0.4) is 0 Å². The second kappa shape index (κ2) is 7.64. The third kappa shape index (κ3) is 3.59. The van der Waals surface area contributed by atoms with Gasteiger partial charge >= 0.3 is 0 Å². The molecule has 6 N–H and O–H groups in total. The monoisotopic (exact) mass is 368 g/mol. The number of nitriles is 1. The number of H-pyrrole nitrogens is 1. The molecule has 0 amide bonds. The largest absolute Gasteiger partial charge is 0.322 e. The number of amidine groups is 1. The Morgan fingerprint density at radius 2 is 2.27 bits per heavy atom. The summed E-state index contributed by atoms with van der Waals surface area (Å²) in [6.07, 6.45) is 2.38. The van der Waals surface area contributed by atoms with Gasteiger partial charge in [-0.1, -0.05) is 36.0 Å². The highest BCUT2D eigenvalue weighted by Gasteiger charge is 2.24. The lowest BCUT2D eigenvalue weighted by molar-refractivity contribution is 0.995. The average molecular weight is 368 g/mol. The Morgan fingerprint density at radius 3 is 2.88 bits per heavy atom. The normalized spacial score (nSPS) is 14.1. The molecule has 26 heavy (non-hydrogen) atoms. The number of nitrogens with zero attached hydrogens (tertiary/aromatic N) is 2. The van der Waals surface area contributed by atoms with Gasteiger partial charge in [0.1, 0.15) is 11.9 Å². The van der Waals surface area contributed by atoms with Crippen molar-refractivity contribution in [1.29, 1.82) is 5.26 Å². The molecule has 1 saturated carbocycles. The van der Waals surface area contributed by atoms with E-state index in [1.54, 1.807) is 6.92 Å². The molecule has 1 aliphatic rings. The summed E-state index contributed by atoms with van der Waals surface area (Å²) in [5, 5.41) is 13.8. The smallest absolute Gasteiger partial charge is 0.252 e. The van der Waals surface area contributed by atoms with Crippen molar-refractivity contribution in [3.63, 3.8) is 0 Å². The van der Waals surface area contributed by atoms with Gasteiger partial charge in [-0.3, -0.25) is 4.79 Å². The number of hydrazone groups is 1. The third-order valence-electron chi connectivity index (χ3n) is 4.43. The van der Waals surface area contributed by atoms with Gasteiger partial charge in [0.25, 0.3) is 5.56 Å². The van der Waals surface area contributed by atoms with E-state index in [9.17, 15) is 10.1 Å². The minimum Gasteiger partial charge on any atom is -0.322 e. The molecule has 1 aromatic heterocycles. The van der Waals surface area contributed by atoms with E-state index in [2.05, 4.69) is 33.7 Å². The Balaban J connectivity index is 2.08. The Hall–Kier alpha value is -2.76. The fourth-order valence-corrected chi connectivity index (χ4v) is 3.77. The number of benzene rings is 1. The first-order chi connectivity index (χ1) is 12.6. The first-order valence-corrected chi connectivity index (χ1v) is 9.21. The van der Waals surface area contributed by atoms with E-state index in [0.717, 1.165) is 5.56 Å². The van der Waals surface area contributed by atoms with Crippen LogP contribution in [0.2, 0.25) is 0 Å². The molecule has 0 aliphatic heterocycles. The van der Waals surface area contributed by atoms with Crippen molar-refractivity contribution in [2.75, 3.05) is 5.75 Å². The predicted molar refractivity (Wildman–Crippen MR) is 104 cm³/mol. The maximum Gasteiger partial charge on any atom is 0.252 e. The first kappa shape index (κ1) is 18.0. The van der Waals surface area contributed by atoms with Crippen LogP contribution >= 0.6 is 11.8 Å². The van der Waals surface area contributed by atoms with Gasteiger partial charge in [0.2, 0.25) is 0 Å².